The first kappa shape index (κ1) is 18.9. The second-order valence-electron chi connectivity index (χ2n) is 6.53. The summed E-state index contributed by atoms with van der Waals surface area (Å²) in [5.41, 5.74) is 2.02. The Hall–Kier alpha value is -2.88. The monoisotopic (exact) mass is 376 g/mol. The Bertz CT molecular complexity index is 814. The van der Waals surface area contributed by atoms with E-state index in [-0.39, 0.29) is 17.9 Å². The molecule has 2 heterocycles. The van der Waals surface area contributed by atoms with E-state index in [0.29, 0.717) is 23.8 Å². The topological polar surface area (TPSA) is 123 Å². The maximum Gasteiger partial charge on any atom is 0.407 e. The van der Waals surface area contributed by atoms with Gasteiger partial charge in [0, 0.05) is 38.9 Å². The van der Waals surface area contributed by atoms with Crippen molar-refractivity contribution >= 4 is 17.8 Å². The number of amides is 2. The molecule has 27 heavy (non-hydrogen) atoms. The maximum absolute atomic E-state index is 12.5. The fourth-order valence-corrected chi connectivity index (χ4v) is 3.29. The lowest BCUT2D eigenvalue weighted by Gasteiger charge is -2.11. The van der Waals surface area contributed by atoms with E-state index >= 15 is 0 Å². The van der Waals surface area contributed by atoms with Gasteiger partial charge < -0.3 is 20.1 Å². The number of anilines is 1. The third kappa shape index (κ3) is 4.45. The van der Waals surface area contributed by atoms with E-state index < -0.39 is 6.09 Å². The zero-order valence-electron chi connectivity index (χ0n) is 15.6. The molecule has 2 atom stereocenters. The Morgan fingerprint density at radius 2 is 2.19 bits per heavy atom. The number of ether oxygens (including phenoxy) is 2. The van der Waals surface area contributed by atoms with Crippen molar-refractivity contribution in [2.45, 2.75) is 37.9 Å². The second-order valence-corrected chi connectivity index (χ2v) is 6.53. The summed E-state index contributed by atoms with van der Waals surface area (Å²) in [6, 6.07) is 3.50. The lowest BCUT2D eigenvalue weighted by molar-refractivity contribution is 0.101. The number of nitrogens with one attached hydrogen (secondary N) is 3. The minimum absolute atomic E-state index is 0.107. The van der Waals surface area contributed by atoms with E-state index in [1.54, 1.807) is 27.3 Å². The predicted octanol–water partition coefficient (Wildman–Crippen LogP) is 1.53. The molecule has 2 aromatic heterocycles. The van der Waals surface area contributed by atoms with Crippen molar-refractivity contribution in [3.63, 3.8) is 0 Å². The number of rotatable bonds is 6. The summed E-state index contributed by atoms with van der Waals surface area (Å²) in [7, 11) is 4.82. The van der Waals surface area contributed by atoms with E-state index in [1.807, 2.05) is 6.07 Å². The highest BCUT2D eigenvalue weighted by atomic mass is 16.6. The molecule has 1 aliphatic carbocycles. The Morgan fingerprint density at radius 3 is 2.93 bits per heavy atom. The zero-order chi connectivity index (χ0) is 19.4. The van der Waals surface area contributed by atoms with Crippen molar-refractivity contribution in [3.05, 3.63) is 29.2 Å². The number of alkyl carbamates (subject to hydrolysis) is 1. The Labute approximate surface area is 156 Å². The first-order valence-corrected chi connectivity index (χ1v) is 8.77. The fraction of sp³-hybridized carbons (Fsp3) is 0.529. The van der Waals surface area contributed by atoms with Gasteiger partial charge in [-0.3, -0.25) is 14.6 Å². The molecule has 0 radical (unpaired) electrons. The second kappa shape index (κ2) is 8.21. The van der Waals surface area contributed by atoms with Crippen LogP contribution in [0.1, 0.15) is 47.1 Å². The van der Waals surface area contributed by atoms with Crippen molar-refractivity contribution in [3.8, 4) is 0 Å². The first-order valence-electron chi connectivity index (χ1n) is 8.77. The molecule has 3 rings (SSSR count). The van der Waals surface area contributed by atoms with Crippen LogP contribution < -0.4 is 10.6 Å². The van der Waals surface area contributed by atoms with E-state index in [1.165, 1.54) is 4.68 Å². The Morgan fingerprint density at radius 1 is 1.37 bits per heavy atom. The summed E-state index contributed by atoms with van der Waals surface area (Å²) in [6.07, 6.45) is 1.90. The summed E-state index contributed by atoms with van der Waals surface area (Å²) in [4.78, 5) is 23.8. The summed E-state index contributed by atoms with van der Waals surface area (Å²) in [5.74, 6) is 0.362. The SMILES string of the molecule is CNC(=O)O[C@@H]1CC[C@H](c2cc(NC(=O)c3cc(COC)nn3C)n[nH]2)C1. The van der Waals surface area contributed by atoms with Crippen molar-refractivity contribution < 1.29 is 19.1 Å². The first-order chi connectivity index (χ1) is 13.0. The van der Waals surface area contributed by atoms with Crippen LogP contribution in [0.4, 0.5) is 10.6 Å². The molecule has 3 N–H and O–H groups in total. The molecular formula is C17H24N6O4. The standard InChI is InChI=1S/C17H24N6O4/c1-18-17(25)27-12-5-4-10(6-12)13-8-15(21-20-13)19-16(24)14-7-11(9-26-3)22-23(14)2/h7-8,10,12H,4-6,9H2,1-3H3,(H,18,25)(H2,19,20,21,24)/t10-,12+/m0/s1. The molecule has 1 fully saturated rings. The summed E-state index contributed by atoms with van der Waals surface area (Å²) in [5, 5.41) is 16.6. The van der Waals surface area contributed by atoms with Crippen LogP contribution in [0.25, 0.3) is 0 Å². The average Bonchev–Trinajstić information content (AvgIpc) is 3.35. The largest absolute Gasteiger partial charge is 0.446 e. The van der Waals surface area contributed by atoms with Gasteiger partial charge in [-0.05, 0) is 25.3 Å². The van der Waals surface area contributed by atoms with Crippen LogP contribution in [0.3, 0.4) is 0 Å². The van der Waals surface area contributed by atoms with Gasteiger partial charge in [-0.2, -0.15) is 10.2 Å². The normalized spacial score (nSPS) is 19.1. The predicted molar refractivity (Wildman–Crippen MR) is 96.4 cm³/mol. The van der Waals surface area contributed by atoms with Gasteiger partial charge in [0.05, 0.1) is 12.3 Å². The molecule has 10 heteroatoms. The van der Waals surface area contributed by atoms with Crippen LogP contribution in [0, 0.1) is 0 Å². The highest BCUT2D eigenvalue weighted by molar-refractivity contribution is 6.02. The molecule has 1 aliphatic rings. The lowest BCUT2D eigenvalue weighted by atomic mass is 10.0. The number of carbonyl (C=O) groups is 2. The van der Waals surface area contributed by atoms with Crippen molar-refractivity contribution in [1.82, 2.24) is 25.3 Å². The molecule has 1 saturated carbocycles. The number of methoxy groups -OCH3 is 1. The highest BCUT2D eigenvalue weighted by Crippen LogP contribution is 2.35. The Balaban J connectivity index is 1.60. The van der Waals surface area contributed by atoms with E-state index in [0.717, 1.165) is 25.0 Å². The number of aromatic amines is 1. The van der Waals surface area contributed by atoms with Gasteiger partial charge in [0.1, 0.15) is 11.8 Å². The van der Waals surface area contributed by atoms with Crippen molar-refractivity contribution in [2.24, 2.45) is 7.05 Å². The van der Waals surface area contributed by atoms with Crippen LogP contribution in [-0.2, 0) is 23.1 Å². The molecule has 0 aliphatic heterocycles. The van der Waals surface area contributed by atoms with E-state index in [4.69, 9.17) is 9.47 Å². The van der Waals surface area contributed by atoms with Gasteiger partial charge in [0.2, 0.25) is 0 Å². The number of aromatic nitrogens is 4. The van der Waals surface area contributed by atoms with E-state index in [2.05, 4.69) is 25.9 Å². The molecule has 0 spiro atoms. The number of nitrogens with zero attached hydrogens (tertiary/aromatic N) is 3. The van der Waals surface area contributed by atoms with Crippen LogP contribution in [0.15, 0.2) is 12.1 Å². The van der Waals surface area contributed by atoms with Crippen LogP contribution in [0.5, 0.6) is 0 Å². The molecule has 0 aromatic carbocycles. The molecular weight excluding hydrogens is 352 g/mol. The molecule has 0 bridgehead atoms. The molecule has 0 saturated heterocycles. The van der Waals surface area contributed by atoms with E-state index in [9.17, 15) is 9.59 Å². The van der Waals surface area contributed by atoms with Crippen LogP contribution in [-0.4, -0.2) is 52.2 Å². The fourth-order valence-electron chi connectivity index (χ4n) is 3.29. The zero-order valence-corrected chi connectivity index (χ0v) is 15.6. The molecule has 2 aromatic rings. The Kier molecular flexibility index (Phi) is 5.75. The molecule has 2 amide bonds. The van der Waals surface area contributed by atoms with Gasteiger partial charge >= 0.3 is 6.09 Å². The minimum atomic E-state index is -0.415. The molecule has 10 nitrogen and oxygen atoms in total. The van der Waals surface area contributed by atoms with Crippen LogP contribution >= 0.6 is 0 Å². The van der Waals surface area contributed by atoms with Gasteiger partial charge in [0.15, 0.2) is 5.82 Å². The number of hydrogen-bond donors (Lipinski definition) is 3. The van der Waals surface area contributed by atoms with Crippen molar-refractivity contribution in [1.29, 1.82) is 0 Å². The number of carbonyl (C=O) groups excluding carboxylic acids is 2. The van der Waals surface area contributed by atoms with Crippen molar-refractivity contribution in [2.75, 3.05) is 19.5 Å². The van der Waals surface area contributed by atoms with Gasteiger partial charge in [-0.25, -0.2) is 4.79 Å². The molecule has 0 unspecified atom stereocenters. The minimum Gasteiger partial charge on any atom is -0.446 e. The maximum atomic E-state index is 12.5. The number of hydrogen-bond acceptors (Lipinski definition) is 6. The third-order valence-electron chi connectivity index (χ3n) is 4.60. The van der Waals surface area contributed by atoms with Gasteiger partial charge in [-0.15, -0.1) is 0 Å². The van der Waals surface area contributed by atoms with Crippen LogP contribution in [0.2, 0.25) is 0 Å². The van der Waals surface area contributed by atoms with Gasteiger partial charge in [-0.1, -0.05) is 0 Å². The smallest absolute Gasteiger partial charge is 0.407 e. The van der Waals surface area contributed by atoms with Gasteiger partial charge in [0.25, 0.3) is 5.91 Å². The summed E-state index contributed by atoms with van der Waals surface area (Å²) in [6.45, 7) is 0.342. The summed E-state index contributed by atoms with van der Waals surface area (Å²) >= 11 is 0. The average molecular weight is 376 g/mol. The highest BCUT2D eigenvalue weighted by Gasteiger charge is 2.30. The summed E-state index contributed by atoms with van der Waals surface area (Å²) < 4.78 is 11.8. The third-order valence-corrected chi connectivity index (χ3v) is 4.60. The molecule has 146 valence electrons. The quantitative estimate of drug-likeness (QED) is 0.703. The number of H-pyrrole nitrogens is 1. The number of aryl methyl sites for hydroxylation is 1. The lowest BCUT2D eigenvalue weighted by Crippen LogP contribution is -2.24.